The van der Waals surface area contributed by atoms with E-state index < -0.39 is 11.7 Å². The number of nitrogens with zero attached hydrogens (tertiary/aromatic N) is 1. The Morgan fingerprint density at radius 3 is 2.66 bits per heavy atom. The van der Waals surface area contributed by atoms with Gasteiger partial charge < -0.3 is 15.2 Å². The average molecular weight is 415 g/mol. The Morgan fingerprint density at radius 1 is 1.21 bits per heavy atom. The molecule has 0 saturated carbocycles. The van der Waals surface area contributed by atoms with Crippen molar-refractivity contribution in [3.05, 3.63) is 70.1 Å². The number of hydrogen-bond acceptors (Lipinski definition) is 4. The summed E-state index contributed by atoms with van der Waals surface area (Å²) in [7, 11) is 0. The summed E-state index contributed by atoms with van der Waals surface area (Å²) in [6.45, 7) is 6.38. The maximum atomic E-state index is 13.1. The average Bonchev–Trinajstić information content (AvgIpc) is 2.65. The molecule has 2 N–H and O–H groups in total. The summed E-state index contributed by atoms with van der Waals surface area (Å²) in [4.78, 5) is 4.44. The molecule has 2 aromatic carbocycles. The van der Waals surface area contributed by atoms with Gasteiger partial charge in [0, 0.05) is 10.9 Å². The van der Waals surface area contributed by atoms with Crippen LogP contribution in [-0.2, 0) is 6.42 Å². The van der Waals surface area contributed by atoms with Gasteiger partial charge in [-0.25, -0.2) is 9.37 Å². The summed E-state index contributed by atoms with van der Waals surface area (Å²) < 4.78 is 19.2. The Morgan fingerprint density at radius 2 is 1.93 bits per heavy atom. The topological polar surface area (TPSA) is 54.4 Å². The maximum Gasteiger partial charge on any atom is 0.131 e. The zero-order valence-electron chi connectivity index (χ0n) is 16.7. The lowest BCUT2D eigenvalue weighted by Crippen LogP contribution is -2.52. The second kappa shape index (κ2) is 7.56. The van der Waals surface area contributed by atoms with E-state index in [9.17, 15) is 9.50 Å². The zero-order chi connectivity index (χ0) is 20.8. The number of nitrogens with one attached hydrogen (secondary N) is 1. The molecule has 1 aliphatic heterocycles. The van der Waals surface area contributed by atoms with Crippen molar-refractivity contribution in [3.8, 4) is 5.75 Å². The molecule has 2 atom stereocenters. The van der Waals surface area contributed by atoms with Crippen LogP contribution in [0.3, 0.4) is 0 Å². The molecule has 0 aliphatic carbocycles. The lowest BCUT2D eigenvalue weighted by molar-refractivity contribution is -0.0642. The minimum atomic E-state index is -0.749. The first-order chi connectivity index (χ1) is 13.7. The Bertz CT molecular complexity index is 1050. The van der Waals surface area contributed by atoms with Crippen molar-refractivity contribution in [1.82, 2.24) is 10.3 Å². The monoisotopic (exact) mass is 414 g/mol. The van der Waals surface area contributed by atoms with E-state index in [1.807, 2.05) is 39.0 Å². The van der Waals surface area contributed by atoms with Crippen molar-refractivity contribution in [2.24, 2.45) is 0 Å². The van der Waals surface area contributed by atoms with Crippen LogP contribution in [-0.4, -0.2) is 28.3 Å². The van der Waals surface area contributed by atoms with Crippen LogP contribution in [0.2, 0.25) is 5.15 Å². The van der Waals surface area contributed by atoms with Gasteiger partial charge in [-0.15, -0.1) is 0 Å². The molecule has 6 heteroatoms. The highest BCUT2D eigenvalue weighted by atomic mass is 35.5. The minimum absolute atomic E-state index is 0.245. The second-order valence-corrected chi connectivity index (χ2v) is 8.51. The molecule has 3 aromatic rings. The molecule has 29 heavy (non-hydrogen) atoms. The molecule has 0 spiro atoms. The van der Waals surface area contributed by atoms with Crippen molar-refractivity contribution >= 4 is 22.5 Å². The number of rotatable bonds is 4. The van der Waals surface area contributed by atoms with Crippen LogP contribution in [0.25, 0.3) is 10.9 Å². The summed E-state index contributed by atoms with van der Waals surface area (Å²) in [5.74, 6) is 0.491. The first kappa shape index (κ1) is 20.1. The van der Waals surface area contributed by atoms with Crippen LogP contribution in [0.5, 0.6) is 5.75 Å². The Balaban J connectivity index is 1.65. The SMILES string of the molecule is Cc1cc(Cl)nc2cc3c(cc12)OC(C)(C)[C@H](O)[C@H]3NCCc1ccc(F)cc1. The molecular weight excluding hydrogens is 391 g/mol. The van der Waals surface area contributed by atoms with Gasteiger partial charge in [-0.3, -0.25) is 0 Å². The first-order valence-corrected chi connectivity index (χ1v) is 10.1. The van der Waals surface area contributed by atoms with E-state index in [0.717, 1.165) is 39.8 Å². The number of halogens is 2. The molecule has 0 fully saturated rings. The molecule has 4 nitrogen and oxygen atoms in total. The summed E-state index contributed by atoms with van der Waals surface area (Å²) in [5.41, 5.74) is 2.94. The van der Waals surface area contributed by atoms with Crippen LogP contribution in [0.1, 0.15) is 36.6 Å². The standard InChI is InChI=1S/C23H24ClFN2O2/c1-13-10-20(24)27-18-11-17-19(12-16(13)18)29-23(2,3)22(28)21(17)26-9-8-14-4-6-15(25)7-5-14/h4-7,10-12,21-22,26,28H,8-9H2,1-3H3/t21-,22+/m0/s1. The van der Waals surface area contributed by atoms with Gasteiger partial charge in [0.05, 0.1) is 11.6 Å². The summed E-state index contributed by atoms with van der Waals surface area (Å²) in [5, 5.41) is 15.8. The van der Waals surface area contributed by atoms with Gasteiger partial charge in [-0.05, 0) is 75.2 Å². The fourth-order valence-electron chi connectivity index (χ4n) is 3.89. The Hall–Kier alpha value is -2.21. The number of ether oxygens (including phenoxy) is 1. The van der Waals surface area contributed by atoms with Crippen LogP contribution in [0, 0.1) is 12.7 Å². The van der Waals surface area contributed by atoms with E-state index in [2.05, 4.69) is 10.3 Å². The smallest absolute Gasteiger partial charge is 0.131 e. The molecule has 152 valence electrons. The number of benzene rings is 2. The van der Waals surface area contributed by atoms with E-state index in [-0.39, 0.29) is 11.9 Å². The first-order valence-electron chi connectivity index (χ1n) is 9.70. The molecule has 1 aliphatic rings. The largest absolute Gasteiger partial charge is 0.485 e. The highest BCUT2D eigenvalue weighted by molar-refractivity contribution is 6.29. The molecule has 1 aromatic heterocycles. The summed E-state index contributed by atoms with van der Waals surface area (Å²) >= 11 is 6.15. The molecule has 2 heterocycles. The van der Waals surface area contributed by atoms with E-state index in [4.69, 9.17) is 16.3 Å². The second-order valence-electron chi connectivity index (χ2n) is 8.13. The predicted octanol–water partition coefficient (Wildman–Crippen LogP) is 4.74. The van der Waals surface area contributed by atoms with E-state index in [1.165, 1.54) is 12.1 Å². The fourth-order valence-corrected chi connectivity index (χ4v) is 4.14. The van der Waals surface area contributed by atoms with Crippen LogP contribution >= 0.6 is 11.6 Å². The van der Waals surface area contributed by atoms with Gasteiger partial charge in [-0.2, -0.15) is 0 Å². The third-order valence-electron chi connectivity index (χ3n) is 5.54. The number of fused-ring (bicyclic) bond motifs is 2. The van der Waals surface area contributed by atoms with Crippen molar-refractivity contribution in [3.63, 3.8) is 0 Å². The number of aromatic nitrogens is 1. The number of aliphatic hydroxyl groups is 1. The number of aryl methyl sites for hydroxylation is 1. The minimum Gasteiger partial charge on any atom is -0.485 e. The van der Waals surface area contributed by atoms with Gasteiger partial charge in [0.2, 0.25) is 0 Å². The van der Waals surface area contributed by atoms with Crippen molar-refractivity contribution in [1.29, 1.82) is 0 Å². The quantitative estimate of drug-likeness (QED) is 0.605. The Labute approximate surface area is 174 Å². The van der Waals surface area contributed by atoms with E-state index >= 15 is 0 Å². The summed E-state index contributed by atoms with van der Waals surface area (Å²) in [6.07, 6.45) is -0.0300. The van der Waals surface area contributed by atoms with Crippen LogP contribution in [0.15, 0.2) is 42.5 Å². The highest BCUT2D eigenvalue weighted by Crippen LogP contribution is 2.42. The lowest BCUT2D eigenvalue weighted by Gasteiger charge is -2.42. The van der Waals surface area contributed by atoms with E-state index in [1.54, 1.807) is 12.1 Å². The predicted molar refractivity (Wildman–Crippen MR) is 113 cm³/mol. The van der Waals surface area contributed by atoms with Gasteiger partial charge in [0.25, 0.3) is 0 Å². The van der Waals surface area contributed by atoms with Crippen molar-refractivity contribution in [2.45, 2.75) is 44.9 Å². The normalized spacial score (nSPS) is 20.3. The Kier molecular flexibility index (Phi) is 5.23. The van der Waals surface area contributed by atoms with Crippen molar-refractivity contribution in [2.75, 3.05) is 6.54 Å². The molecule has 0 unspecified atom stereocenters. The third-order valence-corrected chi connectivity index (χ3v) is 5.74. The molecule has 0 saturated heterocycles. The van der Waals surface area contributed by atoms with Crippen molar-refractivity contribution < 1.29 is 14.2 Å². The van der Waals surface area contributed by atoms with Gasteiger partial charge in [-0.1, -0.05) is 23.7 Å². The zero-order valence-corrected chi connectivity index (χ0v) is 17.4. The fraction of sp³-hybridized carbons (Fsp3) is 0.348. The maximum absolute atomic E-state index is 13.1. The molecule has 0 radical (unpaired) electrons. The van der Waals surface area contributed by atoms with Crippen LogP contribution in [0.4, 0.5) is 4.39 Å². The van der Waals surface area contributed by atoms with Gasteiger partial charge >= 0.3 is 0 Å². The van der Waals surface area contributed by atoms with Crippen LogP contribution < -0.4 is 10.1 Å². The molecule has 4 rings (SSSR count). The molecule has 0 amide bonds. The number of pyridine rings is 1. The summed E-state index contributed by atoms with van der Waals surface area (Å²) in [6, 6.07) is 11.9. The van der Waals surface area contributed by atoms with E-state index in [0.29, 0.717) is 11.7 Å². The van der Waals surface area contributed by atoms with Gasteiger partial charge in [0.1, 0.15) is 28.4 Å². The highest BCUT2D eigenvalue weighted by Gasteiger charge is 2.42. The number of hydrogen-bond donors (Lipinski definition) is 2. The molecular formula is C23H24ClFN2O2. The third kappa shape index (κ3) is 3.95. The number of aliphatic hydroxyl groups excluding tert-OH is 1. The van der Waals surface area contributed by atoms with Gasteiger partial charge in [0.15, 0.2) is 0 Å². The lowest BCUT2D eigenvalue weighted by atomic mass is 9.85. The molecule has 0 bridgehead atoms.